The quantitative estimate of drug-likeness (QED) is 0.648. The number of hydrogen-bond acceptors (Lipinski definition) is 4. The van der Waals surface area contributed by atoms with Crippen LogP contribution in [0.25, 0.3) is 0 Å². The molecule has 1 aromatic carbocycles. The summed E-state index contributed by atoms with van der Waals surface area (Å²) in [6.07, 6.45) is 0. The summed E-state index contributed by atoms with van der Waals surface area (Å²) in [7, 11) is 1.37. The Morgan fingerprint density at radius 1 is 1.09 bits per heavy atom. The van der Waals surface area contributed by atoms with E-state index in [2.05, 4.69) is 16.7 Å². The lowest BCUT2D eigenvalue weighted by Crippen LogP contribution is -2.20. The van der Waals surface area contributed by atoms with Crippen molar-refractivity contribution in [3.8, 4) is 0 Å². The van der Waals surface area contributed by atoms with Gasteiger partial charge in [-0.2, -0.15) is 0 Å². The van der Waals surface area contributed by atoms with Crippen molar-refractivity contribution in [1.29, 1.82) is 0 Å². The highest BCUT2D eigenvalue weighted by Crippen LogP contribution is 2.28. The first-order valence-electron chi connectivity index (χ1n) is 6.74. The normalized spacial score (nSPS) is 10.2. The lowest BCUT2D eigenvalue weighted by molar-refractivity contribution is 0.0602. The molecule has 2 N–H and O–H groups in total. The van der Waals surface area contributed by atoms with Gasteiger partial charge in [0.15, 0.2) is 5.11 Å². The molecule has 0 aliphatic rings. The Morgan fingerprint density at radius 3 is 2.32 bits per heavy atom. The molecule has 1 aromatic heterocycles. The van der Waals surface area contributed by atoms with E-state index in [1.807, 2.05) is 32.9 Å². The van der Waals surface area contributed by atoms with Gasteiger partial charge in [-0.15, -0.1) is 11.3 Å². The molecule has 0 unspecified atom stereocenters. The van der Waals surface area contributed by atoms with Gasteiger partial charge in [-0.25, -0.2) is 4.79 Å². The van der Waals surface area contributed by atoms with Crippen molar-refractivity contribution in [3.05, 3.63) is 45.8 Å². The van der Waals surface area contributed by atoms with E-state index in [4.69, 9.17) is 17.0 Å². The van der Waals surface area contributed by atoms with Crippen molar-refractivity contribution in [3.63, 3.8) is 0 Å². The molecule has 0 radical (unpaired) electrons. The largest absolute Gasteiger partial charge is 0.465 e. The zero-order valence-corrected chi connectivity index (χ0v) is 14.6. The van der Waals surface area contributed by atoms with Crippen LogP contribution in [0.2, 0.25) is 0 Å². The molecule has 0 saturated carbocycles. The second kappa shape index (κ2) is 6.89. The first kappa shape index (κ1) is 16.5. The van der Waals surface area contributed by atoms with Crippen LogP contribution >= 0.6 is 23.6 Å². The minimum absolute atomic E-state index is 0.374. The number of hydrogen-bond donors (Lipinski definition) is 2. The van der Waals surface area contributed by atoms with Crippen LogP contribution < -0.4 is 10.6 Å². The average molecular weight is 334 g/mol. The molecule has 0 amide bonds. The number of aryl methyl sites for hydroxylation is 3. The zero-order valence-electron chi connectivity index (χ0n) is 12.9. The zero-order chi connectivity index (χ0) is 16.3. The standard InChI is InChI=1S/C16H18N2O2S2/c1-9-5-10(2)7-12(6-9)17-16(21)18-14-13(15(19)20-4)8-11(3)22-14/h5-8H,1-4H3,(H2,17,18,21). The highest BCUT2D eigenvalue weighted by molar-refractivity contribution is 7.80. The highest BCUT2D eigenvalue weighted by atomic mass is 32.1. The fourth-order valence-electron chi connectivity index (χ4n) is 2.18. The van der Waals surface area contributed by atoms with Crippen LogP contribution in [0.5, 0.6) is 0 Å². The summed E-state index contributed by atoms with van der Waals surface area (Å²) in [5.74, 6) is -0.374. The Balaban J connectivity index is 2.14. The predicted molar refractivity (Wildman–Crippen MR) is 96.2 cm³/mol. The first-order valence-corrected chi connectivity index (χ1v) is 7.96. The van der Waals surface area contributed by atoms with E-state index in [1.54, 1.807) is 6.07 Å². The van der Waals surface area contributed by atoms with Crippen molar-refractivity contribution >= 4 is 45.3 Å². The third-order valence-corrected chi connectivity index (χ3v) is 4.14. The molecule has 0 bridgehead atoms. The van der Waals surface area contributed by atoms with Crippen molar-refractivity contribution in [2.24, 2.45) is 0 Å². The van der Waals surface area contributed by atoms with E-state index >= 15 is 0 Å². The molecule has 6 heteroatoms. The van der Waals surface area contributed by atoms with Gasteiger partial charge < -0.3 is 15.4 Å². The monoisotopic (exact) mass is 334 g/mol. The van der Waals surface area contributed by atoms with Gasteiger partial charge in [0.25, 0.3) is 0 Å². The van der Waals surface area contributed by atoms with E-state index in [9.17, 15) is 4.79 Å². The van der Waals surface area contributed by atoms with Crippen molar-refractivity contribution in [1.82, 2.24) is 0 Å². The molecule has 2 aromatic rings. The first-order chi connectivity index (χ1) is 10.4. The van der Waals surface area contributed by atoms with Crippen molar-refractivity contribution < 1.29 is 9.53 Å². The van der Waals surface area contributed by atoms with Gasteiger partial charge in [0.2, 0.25) is 0 Å². The van der Waals surface area contributed by atoms with Crippen LogP contribution in [0.3, 0.4) is 0 Å². The number of esters is 1. The third-order valence-electron chi connectivity index (χ3n) is 2.97. The van der Waals surface area contributed by atoms with E-state index in [1.165, 1.54) is 18.4 Å². The van der Waals surface area contributed by atoms with Crippen LogP contribution in [-0.2, 0) is 4.74 Å². The Morgan fingerprint density at radius 2 is 1.73 bits per heavy atom. The smallest absolute Gasteiger partial charge is 0.340 e. The second-order valence-corrected chi connectivity index (χ2v) is 6.71. The maximum Gasteiger partial charge on any atom is 0.340 e. The Labute approximate surface area is 139 Å². The highest BCUT2D eigenvalue weighted by Gasteiger charge is 2.16. The molecule has 0 spiro atoms. The van der Waals surface area contributed by atoms with Gasteiger partial charge in [-0.05, 0) is 62.3 Å². The summed E-state index contributed by atoms with van der Waals surface area (Å²) >= 11 is 6.79. The molecule has 0 saturated heterocycles. The van der Waals surface area contributed by atoms with Crippen LogP contribution in [0.1, 0.15) is 26.4 Å². The van der Waals surface area contributed by atoms with E-state index in [0.717, 1.165) is 21.7 Å². The Kier molecular flexibility index (Phi) is 5.15. The minimum Gasteiger partial charge on any atom is -0.465 e. The fourth-order valence-corrected chi connectivity index (χ4v) is 3.37. The summed E-state index contributed by atoms with van der Waals surface area (Å²) in [5.41, 5.74) is 3.73. The number of carbonyl (C=O) groups is 1. The van der Waals surface area contributed by atoms with Crippen molar-refractivity contribution in [2.45, 2.75) is 20.8 Å². The molecule has 0 aliphatic heterocycles. The van der Waals surface area contributed by atoms with Gasteiger partial charge in [0.05, 0.1) is 12.7 Å². The topological polar surface area (TPSA) is 50.4 Å². The fraction of sp³-hybridized carbons (Fsp3) is 0.250. The van der Waals surface area contributed by atoms with Gasteiger partial charge in [-0.3, -0.25) is 0 Å². The van der Waals surface area contributed by atoms with E-state index in [-0.39, 0.29) is 5.97 Å². The predicted octanol–water partition coefficient (Wildman–Crippen LogP) is 4.27. The summed E-state index contributed by atoms with van der Waals surface area (Å²) in [4.78, 5) is 12.8. The van der Waals surface area contributed by atoms with Crippen LogP contribution in [-0.4, -0.2) is 18.2 Å². The van der Waals surface area contributed by atoms with E-state index < -0.39 is 0 Å². The lowest BCUT2D eigenvalue weighted by atomic mass is 10.1. The molecule has 0 aliphatic carbocycles. The Bertz CT molecular complexity index is 703. The molecular weight excluding hydrogens is 316 g/mol. The van der Waals surface area contributed by atoms with Crippen LogP contribution in [0.4, 0.5) is 10.7 Å². The molecule has 1 heterocycles. The number of nitrogens with one attached hydrogen (secondary N) is 2. The Hall–Kier alpha value is -1.92. The van der Waals surface area contributed by atoms with Gasteiger partial charge in [0, 0.05) is 10.6 Å². The number of methoxy groups -OCH3 is 1. The number of thiophene rings is 1. The molecule has 116 valence electrons. The number of benzene rings is 1. The maximum atomic E-state index is 11.8. The molecular formula is C16H18N2O2S2. The molecule has 2 rings (SSSR count). The number of ether oxygens (including phenoxy) is 1. The summed E-state index contributed by atoms with van der Waals surface area (Å²) in [6, 6.07) is 7.92. The SMILES string of the molecule is COC(=O)c1cc(C)sc1NC(=S)Nc1cc(C)cc(C)c1. The molecule has 0 fully saturated rings. The summed E-state index contributed by atoms with van der Waals surface area (Å²) in [5, 5.41) is 7.34. The van der Waals surface area contributed by atoms with Crippen LogP contribution in [0.15, 0.2) is 24.3 Å². The second-order valence-electron chi connectivity index (χ2n) is 5.05. The minimum atomic E-state index is -0.374. The van der Waals surface area contributed by atoms with Gasteiger partial charge >= 0.3 is 5.97 Å². The van der Waals surface area contributed by atoms with Crippen molar-refractivity contribution in [2.75, 3.05) is 17.7 Å². The average Bonchev–Trinajstić information content (AvgIpc) is 2.77. The molecule has 0 atom stereocenters. The number of carbonyl (C=O) groups excluding carboxylic acids is 1. The number of rotatable bonds is 3. The number of anilines is 2. The molecule has 22 heavy (non-hydrogen) atoms. The van der Waals surface area contributed by atoms with Gasteiger partial charge in [-0.1, -0.05) is 6.07 Å². The van der Waals surface area contributed by atoms with Gasteiger partial charge in [0.1, 0.15) is 5.00 Å². The van der Waals surface area contributed by atoms with Crippen LogP contribution in [0, 0.1) is 20.8 Å². The number of thiocarbonyl (C=S) groups is 1. The lowest BCUT2D eigenvalue weighted by Gasteiger charge is -2.11. The van der Waals surface area contributed by atoms with E-state index in [0.29, 0.717) is 15.7 Å². The summed E-state index contributed by atoms with van der Waals surface area (Å²) < 4.78 is 4.79. The molecule has 4 nitrogen and oxygen atoms in total. The summed E-state index contributed by atoms with van der Waals surface area (Å²) in [6.45, 7) is 6.00. The third kappa shape index (κ3) is 4.05. The maximum absolute atomic E-state index is 11.8.